The van der Waals surface area contributed by atoms with Gasteiger partial charge in [-0.25, -0.2) is 8.42 Å². The minimum atomic E-state index is -3.68. The van der Waals surface area contributed by atoms with E-state index in [0.29, 0.717) is 31.9 Å². The number of nitrogens with one attached hydrogen (secondary N) is 1. The van der Waals surface area contributed by atoms with Crippen LogP contribution in [0.4, 0.5) is 0 Å². The first-order valence-electron chi connectivity index (χ1n) is 8.02. The van der Waals surface area contributed by atoms with Gasteiger partial charge in [-0.2, -0.15) is 4.31 Å². The van der Waals surface area contributed by atoms with Crippen LogP contribution >= 0.6 is 0 Å². The molecule has 8 heteroatoms. The lowest BCUT2D eigenvalue weighted by Gasteiger charge is -2.29. The molecule has 0 aromatic heterocycles. The summed E-state index contributed by atoms with van der Waals surface area (Å²) in [5.41, 5.74) is 0.338. The van der Waals surface area contributed by atoms with Gasteiger partial charge in [0.25, 0.3) is 5.91 Å². The minimum absolute atomic E-state index is 0.152. The van der Waals surface area contributed by atoms with Crippen LogP contribution in [-0.2, 0) is 14.8 Å². The molecule has 0 radical (unpaired) electrons. The summed E-state index contributed by atoms with van der Waals surface area (Å²) < 4.78 is 33.6. The number of carbonyl (C=O) groups is 1. The van der Waals surface area contributed by atoms with Crippen molar-refractivity contribution >= 4 is 15.9 Å². The summed E-state index contributed by atoms with van der Waals surface area (Å²) in [4.78, 5) is 14.1. The number of carbonyl (C=O) groups excluding carboxylic acids is 1. The second-order valence-corrected chi connectivity index (χ2v) is 8.35. The summed E-state index contributed by atoms with van der Waals surface area (Å²) in [7, 11) is -0.151. The van der Waals surface area contributed by atoms with Crippen molar-refractivity contribution in [3.05, 3.63) is 29.8 Å². The van der Waals surface area contributed by atoms with Crippen molar-refractivity contribution in [3.8, 4) is 0 Å². The van der Waals surface area contributed by atoms with Gasteiger partial charge in [0.15, 0.2) is 0 Å². The van der Waals surface area contributed by atoms with Crippen molar-refractivity contribution in [2.75, 3.05) is 46.9 Å². The van der Waals surface area contributed by atoms with Gasteiger partial charge in [0, 0.05) is 38.2 Å². The number of sulfonamides is 1. The molecular formula is C16H23N3O4S. The molecule has 2 bridgehead atoms. The molecule has 2 heterocycles. The fourth-order valence-electron chi connectivity index (χ4n) is 3.41. The van der Waals surface area contributed by atoms with Crippen molar-refractivity contribution in [2.45, 2.75) is 10.9 Å². The van der Waals surface area contributed by atoms with Gasteiger partial charge < -0.3 is 15.0 Å². The number of hydrogen-bond acceptors (Lipinski definition) is 5. The van der Waals surface area contributed by atoms with Gasteiger partial charge in [-0.05, 0) is 25.2 Å². The van der Waals surface area contributed by atoms with Crippen LogP contribution < -0.4 is 5.32 Å². The van der Waals surface area contributed by atoms with Crippen LogP contribution in [0.2, 0.25) is 0 Å². The molecule has 1 amide bonds. The Morgan fingerprint density at radius 2 is 2.04 bits per heavy atom. The fraction of sp³-hybridized carbons (Fsp3) is 0.562. The first kappa shape index (κ1) is 17.3. The van der Waals surface area contributed by atoms with Gasteiger partial charge in [0.2, 0.25) is 10.0 Å². The van der Waals surface area contributed by atoms with E-state index in [1.54, 1.807) is 22.5 Å². The molecule has 1 aromatic carbocycles. The Balaban J connectivity index is 1.96. The monoisotopic (exact) mass is 353 g/mol. The number of nitrogens with zero attached hydrogens (tertiary/aromatic N) is 2. The zero-order chi connectivity index (χ0) is 17.3. The van der Waals surface area contributed by atoms with E-state index in [2.05, 4.69) is 10.2 Å². The van der Waals surface area contributed by atoms with Crippen LogP contribution in [-0.4, -0.2) is 76.5 Å². The highest BCUT2D eigenvalue weighted by molar-refractivity contribution is 7.89. The van der Waals surface area contributed by atoms with E-state index >= 15 is 0 Å². The van der Waals surface area contributed by atoms with Crippen LogP contribution in [0.3, 0.4) is 0 Å². The van der Waals surface area contributed by atoms with Gasteiger partial charge in [-0.3, -0.25) is 4.79 Å². The van der Waals surface area contributed by atoms with E-state index in [-0.39, 0.29) is 22.8 Å². The maximum Gasteiger partial charge on any atom is 0.251 e. The van der Waals surface area contributed by atoms with Gasteiger partial charge in [-0.15, -0.1) is 0 Å². The molecule has 24 heavy (non-hydrogen) atoms. The predicted molar refractivity (Wildman–Crippen MR) is 89.3 cm³/mol. The number of likely N-dealkylation sites (N-methyl/N-ethyl adjacent to an activating group) is 1. The number of ether oxygens (including phenoxy) is 1. The van der Waals surface area contributed by atoms with Crippen LogP contribution in [0.1, 0.15) is 10.4 Å². The molecule has 132 valence electrons. The summed E-state index contributed by atoms with van der Waals surface area (Å²) >= 11 is 0. The SMILES string of the molecule is CNC(=O)c1cccc(S(=O)(=O)N2C[C@H]3COC[C@@H]2CN(C)C3)c1. The van der Waals surface area contributed by atoms with Crippen molar-refractivity contribution in [3.63, 3.8) is 0 Å². The summed E-state index contributed by atoms with van der Waals surface area (Å²) in [6.07, 6.45) is 0. The molecule has 7 nitrogen and oxygen atoms in total. The van der Waals surface area contributed by atoms with E-state index in [9.17, 15) is 13.2 Å². The first-order chi connectivity index (χ1) is 11.4. The number of hydrogen-bond donors (Lipinski definition) is 1. The summed E-state index contributed by atoms with van der Waals surface area (Å²) in [5, 5.41) is 2.52. The van der Waals surface area contributed by atoms with Crippen LogP contribution in [0, 0.1) is 5.92 Å². The second-order valence-electron chi connectivity index (χ2n) is 6.46. The highest BCUT2D eigenvalue weighted by atomic mass is 32.2. The highest BCUT2D eigenvalue weighted by Gasteiger charge is 2.39. The van der Waals surface area contributed by atoms with E-state index < -0.39 is 10.0 Å². The predicted octanol–water partition coefficient (Wildman–Crippen LogP) is -0.00270. The van der Waals surface area contributed by atoms with Crippen molar-refractivity contribution in [1.82, 2.24) is 14.5 Å². The van der Waals surface area contributed by atoms with Gasteiger partial charge >= 0.3 is 0 Å². The smallest absolute Gasteiger partial charge is 0.251 e. The Labute approximate surface area is 142 Å². The minimum Gasteiger partial charge on any atom is -0.379 e. The molecule has 2 fully saturated rings. The Bertz CT molecular complexity index is 722. The molecule has 0 saturated carbocycles. The largest absolute Gasteiger partial charge is 0.379 e. The number of amides is 1. The Hall–Kier alpha value is -1.48. The topological polar surface area (TPSA) is 79.0 Å². The maximum atomic E-state index is 13.2. The maximum absolute atomic E-state index is 13.2. The second kappa shape index (κ2) is 6.79. The first-order valence-corrected chi connectivity index (χ1v) is 9.46. The zero-order valence-electron chi connectivity index (χ0n) is 13.9. The number of fused-ring (bicyclic) bond motifs is 3. The average molecular weight is 353 g/mol. The molecule has 2 atom stereocenters. The van der Waals surface area contributed by atoms with E-state index in [4.69, 9.17) is 4.74 Å². The molecule has 1 N–H and O–H groups in total. The molecule has 2 aliphatic rings. The number of benzene rings is 1. The normalized spacial score (nSPS) is 25.9. The lowest BCUT2D eigenvalue weighted by molar-refractivity contribution is 0.0659. The van der Waals surface area contributed by atoms with E-state index in [0.717, 1.165) is 6.54 Å². The third kappa shape index (κ3) is 3.32. The molecule has 0 spiro atoms. The zero-order valence-corrected chi connectivity index (χ0v) is 14.8. The van der Waals surface area contributed by atoms with Gasteiger partial charge in [0.1, 0.15) is 0 Å². The van der Waals surface area contributed by atoms with Crippen LogP contribution in [0.25, 0.3) is 0 Å². The van der Waals surface area contributed by atoms with E-state index in [1.807, 2.05) is 7.05 Å². The number of rotatable bonds is 3. The lowest BCUT2D eigenvalue weighted by Crippen LogP contribution is -2.45. The Kier molecular flexibility index (Phi) is 4.91. The Morgan fingerprint density at radius 1 is 1.25 bits per heavy atom. The van der Waals surface area contributed by atoms with Crippen molar-refractivity contribution in [1.29, 1.82) is 0 Å². The van der Waals surface area contributed by atoms with Crippen LogP contribution in [0.15, 0.2) is 29.2 Å². The summed E-state index contributed by atoms with van der Waals surface area (Å²) in [5.74, 6) is -0.149. The van der Waals surface area contributed by atoms with Gasteiger partial charge in [-0.1, -0.05) is 6.07 Å². The quantitative estimate of drug-likeness (QED) is 0.827. The van der Waals surface area contributed by atoms with E-state index in [1.165, 1.54) is 13.1 Å². The summed E-state index contributed by atoms with van der Waals surface area (Å²) in [6, 6.07) is 5.98. The Morgan fingerprint density at radius 3 is 2.79 bits per heavy atom. The molecule has 3 rings (SSSR count). The summed E-state index contributed by atoms with van der Waals surface area (Å²) in [6.45, 7) is 2.88. The van der Waals surface area contributed by atoms with Crippen molar-refractivity contribution < 1.29 is 17.9 Å². The molecular weight excluding hydrogens is 330 g/mol. The average Bonchev–Trinajstić information content (AvgIpc) is 2.85. The molecule has 1 aromatic rings. The molecule has 0 aliphatic carbocycles. The van der Waals surface area contributed by atoms with Crippen LogP contribution in [0.5, 0.6) is 0 Å². The highest BCUT2D eigenvalue weighted by Crippen LogP contribution is 2.26. The van der Waals surface area contributed by atoms with Crippen molar-refractivity contribution in [2.24, 2.45) is 5.92 Å². The standard InChI is InChI=1S/C16H23N3O4S/c1-17-16(20)13-4-3-5-15(6-13)24(21,22)19-8-12-7-18(2)9-14(19)11-23-10-12/h3-6,12,14H,7-11H2,1-2H3,(H,17,20)/t12-,14-/m0/s1. The molecule has 2 saturated heterocycles. The molecule has 0 unspecified atom stereocenters. The molecule has 2 aliphatic heterocycles. The lowest BCUT2D eigenvalue weighted by atomic mass is 10.1. The third-order valence-corrected chi connectivity index (χ3v) is 6.45. The third-order valence-electron chi connectivity index (χ3n) is 4.53. The van der Waals surface area contributed by atoms with Gasteiger partial charge in [0.05, 0.1) is 24.2 Å². The fourth-order valence-corrected chi connectivity index (χ4v) is 5.14.